The lowest BCUT2D eigenvalue weighted by Crippen LogP contribution is -2.30. The molecule has 0 heterocycles. The first-order chi connectivity index (χ1) is 7.26. The molecule has 0 N–H and O–H groups in total. The minimum absolute atomic E-state index is 0.127. The highest BCUT2D eigenvalue weighted by Crippen LogP contribution is 1.98. The molecule has 0 bridgehead atoms. The van der Waals surface area contributed by atoms with Crippen LogP contribution >= 0.6 is 0 Å². The summed E-state index contributed by atoms with van der Waals surface area (Å²) in [6.45, 7) is 10.6. The average Bonchev–Trinajstić information content (AvgIpc) is 2.24. The Morgan fingerprint density at radius 3 is 2.27 bits per heavy atom. The van der Waals surface area contributed by atoms with E-state index in [2.05, 4.69) is 26.2 Å². The Morgan fingerprint density at radius 2 is 1.80 bits per heavy atom. The van der Waals surface area contributed by atoms with Gasteiger partial charge in [-0.1, -0.05) is 37.6 Å². The molecule has 1 amide bonds. The molecule has 0 atom stereocenters. The summed E-state index contributed by atoms with van der Waals surface area (Å²) in [6, 6.07) is 0. The van der Waals surface area contributed by atoms with Crippen LogP contribution in [0.15, 0.2) is 37.5 Å². The number of carbonyl (C=O) groups excluding carboxylic acids is 1. The van der Waals surface area contributed by atoms with Crippen LogP contribution in [0.3, 0.4) is 0 Å². The molecule has 0 aliphatic rings. The normalized spacial score (nSPS) is 10.2. The van der Waals surface area contributed by atoms with Gasteiger partial charge in [-0.3, -0.25) is 4.79 Å². The summed E-state index contributed by atoms with van der Waals surface area (Å²) in [6.07, 6.45) is 10.1. The number of allylic oxidation sites excluding steroid dienone is 1. The van der Waals surface area contributed by atoms with Gasteiger partial charge in [0, 0.05) is 19.5 Å². The summed E-state index contributed by atoms with van der Waals surface area (Å²) in [5.74, 6) is 0.127. The number of unbranched alkanes of at least 4 members (excludes halogenated alkanes) is 1. The minimum atomic E-state index is 0.127. The van der Waals surface area contributed by atoms with Crippen molar-refractivity contribution in [3.05, 3.63) is 37.5 Å². The van der Waals surface area contributed by atoms with Gasteiger partial charge in [-0.25, -0.2) is 0 Å². The molecule has 0 spiro atoms. The Bertz CT molecular complexity index is 221. The van der Waals surface area contributed by atoms with Gasteiger partial charge in [0.05, 0.1) is 0 Å². The molecule has 0 aromatic carbocycles. The van der Waals surface area contributed by atoms with Gasteiger partial charge in [0.2, 0.25) is 5.91 Å². The fourth-order valence-corrected chi connectivity index (χ4v) is 1.19. The van der Waals surface area contributed by atoms with Crippen LogP contribution in [0.4, 0.5) is 0 Å². The molecule has 0 rings (SSSR count). The van der Waals surface area contributed by atoms with Crippen LogP contribution in [-0.4, -0.2) is 23.9 Å². The molecule has 0 aliphatic carbocycles. The van der Waals surface area contributed by atoms with E-state index in [4.69, 9.17) is 0 Å². The summed E-state index contributed by atoms with van der Waals surface area (Å²) < 4.78 is 0. The maximum Gasteiger partial charge on any atom is 0.226 e. The fraction of sp³-hybridized carbons (Fsp3) is 0.462. The first-order valence-electron chi connectivity index (χ1n) is 5.40. The molecular weight excluding hydrogens is 186 g/mol. The molecule has 0 fully saturated rings. The predicted octanol–water partition coefficient (Wildman–Crippen LogP) is 2.93. The van der Waals surface area contributed by atoms with Crippen LogP contribution in [0, 0.1) is 0 Å². The van der Waals surface area contributed by atoms with Crippen molar-refractivity contribution in [3.8, 4) is 0 Å². The molecule has 0 radical (unpaired) electrons. The molecule has 0 saturated carbocycles. The first kappa shape index (κ1) is 13.7. The maximum absolute atomic E-state index is 11.7. The summed E-state index contributed by atoms with van der Waals surface area (Å²) in [4.78, 5) is 13.4. The number of carbonyl (C=O) groups is 1. The van der Waals surface area contributed by atoms with Crippen molar-refractivity contribution in [1.82, 2.24) is 4.90 Å². The lowest BCUT2D eigenvalue weighted by Gasteiger charge is -2.18. The van der Waals surface area contributed by atoms with Gasteiger partial charge in [0.25, 0.3) is 0 Å². The van der Waals surface area contributed by atoms with Gasteiger partial charge in [-0.2, -0.15) is 0 Å². The third-order valence-electron chi connectivity index (χ3n) is 1.97. The zero-order valence-electron chi connectivity index (χ0n) is 9.61. The van der Waals surface area contributed by atoms with Crippen molar-refractivity contribution in [1.29, 1.82) is 0 Å². The van der Waals surface area contributed by atoms with Crippen molar-refractivity contribution < 1.29 is 4.79 Å². The van der Waals surface area contributed by atoms with E-state index in [0.717, 1.165) is 12.8 Å². The summed E-state index contributed by atoms with van der Waals surface area (Å²) in [5.41, 5.74) is 0. The largest absolute Gasteiger partial charge is 0.335 e. The lowest BCUT2D eigenvalue weighted by atomic mass is 10.2. The van der Waals surface area contributed by atoms with Gasteiger partial charge in [-0.05, 0) is 6.42 Å². The molecule has 0 aliphatic heterocycles. The highest BCUT2D eigenvalue weighted by atomic mass is 16.2. The molecule has 0 aromatic heterocycles. The number of amides is 1. The van der Waals surface area contributed by atoms with E-state index in [1.54, 1.807) is 17.1 Å². The van der Waals surface area contributed by atoms with Crippen LogP contribution in [0.2, 0.25) is 0 Å². The summed E-state index contributed by atoms with van der Waals surface area (Å²) in [7, 11) is 0. The highest BCUT2D eigenvalue weighted by Gasteiger charge is 2.07. The van der Waals surface area contributed by atoms with Crippen LogP contribution in [-0.2, 0) is 4.79 Å². The molecule has 0 unspecified atom stereocenters. The van der Waals surface area contributed by atoms with Gasteiger partial charge < -0.3 is 4.90 Å². The number of rotatable bonds is 8. The van der Waals surface area contributed by atoms with Crippen LogP contribution in [0.5, 0.6) is 0 Å². The summed E-state index contributed by atoms with van der Waals surface area (Å²) in [5, 5.41) is 0. The van der Waals surface area contributed by atoms with E-state index >= 15 is 0 Å². The smallest absolute Gasteiger partial charge is 0.226 e. The standard InChI is InChI=1S/C13H21NO/c1-4-7-8-9-10-13(15)14(11-5-2)12-6-3/h5-6,8-9H,2-4,7,10-12H2,1H3/b9-8+. The molecule has 15 heavy (non-hydrogen) atoms. The Morgan fingerprint density at radius 1 is 1.20 bits per heavy atom. The number of nitrogens with zero attached hydrogens (tertiary/aromatic N) is 1. The Hall–Kier alpha value is -1.31. The Kier molecular flexibility index (Phi) is 8.44. The number of hydrogen-bond donors (Lipinski definition) is 0. The highest BCUT2D eigenvalue weighted by molar-refractivity contribution is 5.78. The van der Waals surface area contributed by atoms with Crippen molar-refractivity contribution in [3.63, 3.8) is 0 Å². The fourth-order valence-electron chi connectivity index (χ4n) is 1.19. The van der Waals surface area contributed by atoms with E-state index in [0.29, 0.717) is 19.5 Å². The monoisotopic (exact) mass is 207 g/mol. The van der Waals surface area contributed by atoms with E-state index in [-0.39, 0.29) is 5.91 Å². The second kappa shape index (κ2) is 9.25. The van der Waals surface area contributed by atoms with E-state index in [9.17, 15) is 4.79 Å². The third-order valence-corrected chi connectivity index (χ3v) is 1.97. The van der Waals surface area contributed by atoms with E-state index in [1.165, 1.54) is 0 Å². The van der Waals surface area contributed by atoms with E-state index in [1.807, 2.05) is 6.08 Å². The molecule has 84 valence electrons. The Balaban J connectivity index is 4.01. The van der Waals surface area contributed by atoms with Crippen molar-refractivity contribution in [2.24, 2.45) is 0 Å². The van der Waals surface area contributed by atoms with Gasteiger partial charge in [0.1, 0.15) is 0 Å². The molecule has 2 heteroatoms. The quantitative estimate of drug-likeness (QED) is 0.560. The SMILES string of the molecule is C=CCN(CC=C)C(=O)C/C=C/CCC. The molecular formula is C13H21NO. The maximum atomic E-state index is 11.7. The predicted molar refractivity (Wildman–Crippen MR) is 65.6 cm³/mol. The second-order valence-corrected chi connectivity index (χ2v) is 3.34. The lowest BCUT2D eigenvalue weighted by molar-refractivity contribution is -0.129. The van der Waals surface area contributed by atoms with Gasteiger partial charge in [0.15, 0.2) is 0 Å². The third kappa shape index (κ3) is 6.72. The van der Waals surface area contributed by atoms with Crippen molar-refractivity contribution >= 4 is 5.91 Å². The minimum Gasteiger partial charge on any atom is -0.335 e. The topological polar surface area (TPSA) is 20.3 Å². The zero-order valence-corrected chi connectivity index (χ0v) is 9.61. The molecule has 0 aromatic rings. The molecule has 2 nitrogen and oxygen atoms in total. The average molecular weight is 207 g/mol. The van der Waals surface area contributed by atoms with Crippen LogP contribution < -0.4 is 0 Å². The van der Waals surface area contributed by atoms with Crippen molar-refractivity contribution in [2.75, 3.05) is 13.1 Å². The van der Waals surface area contributed by atoms with Crippen LogP contribution in [0.1, 0.15) is 26.2 Å². The zero-order chi connectivity index (χ0) is 11.5. The van der Waals surface area contributed by atoms with E-state index < -0.39 is 0 Å². The second-order valence-electron chi connectivity index (χ2n) is 3.34. The summed E-state index contributed by atoms with van der Waals surface area (Å²) >= 11 is 0. The van der Waals surface area contributed by atoms with Gasteiger partial charge >= 0.3 is 0 Å². The Labute approximate surface area is 93.0 Å². The first-order valence-corrected chi connectivity index (χ1v) is 5.40. The molecule has 0 saturated heterocycles. The van der Waals surface area contributed by atoms with Gasteiger partial charge in [-0.15, -0.1) is 13.2 Å². The number of hydrogen-bond acceptors (Lipinski definition) is 1. The van der Waals surface area contributed by atoms with Crippen molar-refractivity contribution in [2.45, 2.75) is 26.2 Å². The van der Waals surface area contributed by atoms with Crippen LogP contribution in [0.25, 0.3) is 0 Å².